The van der Waals surface area contributed by atoms with Crippen molar-refractivity contribution in [1.82, 2.24) is 0 Å². The molecule has 1 N–H and O–H groups in total. The number of nitrogens with zero attached hydrogens (tertiary/aromatic N) is 1. The molecule has 0 fully saturated rings. The van der Waals surface area contributed by atoms with Crippen LogP contribution in [0, 0.1) is 0 Å². The Hall–Kier alpha value is -1.25. The number of unbranched alkanes of at least 4 members (excludes halogenated alkanes) is 42. The van der Waals surface area contributed by atoms with Gasteiger partial charge in [-0.15, -0.1) is 0 Å². The van der Waals surface area contributed by atoms with E-state index in [-0.39, 0.29) is 25.6 Å². The molecule has 0 heterocycles. The van der Waals surface area contributed by atoms with Gasteiger partial charge < -0.3 is 18.9 Å². The van der Waals surface area contributed by atoms with Crippen LogP contribution in [0.1, 0.15) is 316 Å². The Labute approximate surface area is 441 Å². The molecule has 71 heavy (non-hydrogen) atoms. The Balaban J connectivity index is 4.07. The van der Waals surface area contributed by atoms with Crippen molar-refractivity contribution in [2.45, 2.75) is 322 Å². The van der Waals surface area contributed by atoms with Crippen molar-refractivity contribution < 1.29 is 42.1 Å². The lowest BCUT2D eigenvalue weighted by molar-refractivity contribution is -0.870. The van der Waals surface area contributed by atoms with E-state index in [4.69, 9.17) is 18.5 Å². The number of phosphoric ester groups is 1. The highest BCUT2D eigenvalue weighted by Crippen LogP contribution is 2.43. The zero-order valence-corrected chi connectivity index (χ0v) is 48.9. The Morgan fingerprint density at radius 1 is 0.423 bits per heavy atom. The van der Waals surface area contributed by atoms with Gasteiger partial charge in [0.15, 0.2) is 6.10 Å². The molecule has 0 saturated carbocycles. The fourth-order valence-electron chi connectivity index (χ4n) is 9.25. The molecule has 0 aromatic carbocycles. The fourth-order valence-corrected chi connectivity index (χ4v) is 9.99. The van der Waals surface area contributed by atoms with E-state index in [9.17, 15) is 19.0 Å². The second-order valence-corrected chi connectivity index (χ2v) is 23.9. The van der Waals surface area contributed by atoms with Crippen LogP contribution >= 0.6 is 7.82 Å². The highest BCUT2D eigenvalue weighted by molar-refractivity contribution is 7.47. The van der Waals surface area contributed by atoms with Crippen molar-refractivity contribution in [3.63, 3.8) is 0 Å². The van der Waals surface area contributed by atoms with Crippen molar-refractivity contribution in [1.29, 1.82) is 0 Å². The number of allylic oxidation sites excluding steroid dienone is 2. The predicted molar refractivity (Wildman–Crippen MR) is 303 cm³/mol. The van der Waals surface area contributed by atoms with Gasteiger partial charge in [0, 0.05) is 12.8 Å². The smallest absolute Gasteiger partial charge is 0.462 e. The van der Waals surface area contributed by atoms with Crippen LogP contribution in [0.4, 0.5) is 0 Å². The molecule has 0 aromatic heterocycles. The number of phosphoric acid groups is 1. The number of likely N-dealkylation sites (N-methyl/N-ethyl adjacent to an activating group) is 1. The summed E-state index contributed by atoms with van der Waals surface area (Å²) in [5.41, 5.74) is 0. The van der Waals surface area contributed by atoms with Crippen LogP contribution in [0.15, 0.2) is 12.2 Å². The summed E-state index contributed by atoms with van der Waals surface area (Å²) in [6, 6.07) is 0. The molecule has 0 radical (unpaired) electrons. The van der Waals surface area contributed by atoms with Gasteiger partial charge in [-0.25, -0.2) is 4.57 Å². The number of ether oxygens (including phenoxy) is 2. The second kappa shape index (κ2) is 53.6. The van der Waals surface area contributed by atoms with Crippen LogP contribution in [0.3, 0.4) is 0 Å². The number of quaternary nitrogens is 1. The van der Waals surface area contributed by atoms with E-state index in [1.807, 2.05) is 21.1 Å². The minimum absolute atomic E-state index is 0.0351. The first-order valence-corrected chi connectivity index (χ1v) is 32.4. The number of hydrogen-bond acceptors (Lipinski definition) is 7. The Morgan fingerprint density at radius 3 is 1.04 bits per heavy atom. The predicted octanol–water partition coefficient (Wildman–Crippen LogP) is 19.2. The van der Waals surface area contributed by atoms with E-state index in [1.165, 1.54) is 250 Å². The monoisotopic (exact) mass is 1030 g/mol. The summed E-state index contributed by atoms with van der Waals surface area (Å²) < 4.78 is 34.6. The molecule has 0 saturated heterocycles. The molecule has 0 aliphatic heterocycles. The van der Waals surface area contributed by atoms with Crippen molar-refractivity contribution in [2.24, 2.45) is 0 Å². The third kappa shape index (κ3) is 57.9. The van der Waals surface area contributed by atoms with Crippen molar-refractivity contribution in [3.8, 4) is 0 Å². The first-order valence-electron chi connectivity index (χ1n) is 30.9. The lowest BCUT2D eigenvalue weighted by atomic mass is 10.0. The number of carbonyl (C=O) groups excluding carboxylic acids is 2. The molecular formula is C61H121NO8P+. The molecule has 0 aliphatic carbocycles. The SMILES string of the molecule is CCCCCCCCCC/C=C\CCCCCCCCCCCC(=O)OC(COC(=O)CCCCCCCCCCCCCCCCCCCCCCCCCCCC)COP(=O)(O)OCC[N+](C)(C)C. The van der Waals surface area contributed by atoms with E-state index >= 15 is 0 Å². The number of rotatable bonds is 58. The molecule has 0 rings (SSSR count). The zero-order chi connectivity index (χ0) is 52.0. The maximum Gasteiger partial charge on any atom is 0.472 e. The van der Waals surface area contributed by atoms with Crippen LogP contribution in [-0.2, 0) is 32.7 Å². The molecule has 10 heteroatoms. The van der Waals surface area contributed by atoms with Crippen LogP contribution in [0.2, 0.25) is 0 Å². The van der Waals surface area contributed by atoms with Gasteiger partial charge in [-0.1, -0.05) is 276 Å². The van der Waals surface area contributed by atoms with Crippen LogP contribution in [0.25, 0.3) is 0 Å². The van der Waals surface area contributed by atoms with Crippen molar-refractivity contribution in [2.75, 3.05) is 47.5 Å². The van der Waals surface area contributed by atoms with Gasteiger partial charge in [0.1, 0.15) is 19.8 Å². The molecule has 0 bridgehead atoms. The molecule has 2 atom stereocenters. The fraction of sp³-hybridized carbons (Fsp3) is 0.934. The molecule has 0 aromatic rings. The summed E-state index contributed by atoms with van der Waals surface area (Å²) in [4.78, 5) is 35.7. The number of esters is 2. The lowest BCUT2D eigenvalue weighted by Gasteiger charge is -2.24. The van der Waals surface area contributed by atoms with E-state index in [0.29, 0.717) is 23.9 Å². The Bertz CT molecular complexity index is 1210. The van der Waals surface area contributed by atoms with Crippen molar-refractivity contribution in [3.05, 3.63) is 12.2 Å². The molecule has 0 aliphatic rings. The first kappa shape index (κ1) is 69.8. The summed E-state index contributed by atoms with van der Waals surface area (Å²) in [6.07, 6.45) is 62.9. The first-order chi connectivity index (χ1) is 34.5. The summed E-state index contributed by atoms with van der Waals surface area (Å²) in [7, 11) is 1.50. The minimum atomic E-state index is -4.38. The van der Waals surface area contributed by atoms with Gasteiger partial charge in [-0.2, -0.15) is 0 Å². The summed E-state index contributed by atoms with van der Waals surface area (Å²) >= 11 is 0. The molecule has 0 amide bonds. The van der Waals surface area contributed by atoms with Gasteiger partial charge in [0.2, 0.25) is 0 Å². The van der Waals surface area contributed by atoms with Gasteiger partial charge in [0.25, 0.3) is 0 Å². The van der Waals surface area contributed by atoms with Gasteiger partial charge >= 0.3 is 19.8 Å². The minimum Gasteiger partial charge on any atom is -0.462 e. The van der Waals surface area contributed by atoms with E-state index < -0.39 is 26.5 Å². The molecule has 9 nitrogen and oxygen atoms in total. The summed E-state index contributed by atoms with van der Waals surface area (Å²) in [5, 5.41) is 0. The Morgan fingerprint density at radius 2 is 0.718 bits per heavy atom. The second-order valence-electron chi connectivity index (χ2n) is 22.5. The molecule has 422 valence electrons. The topological polar surface area (TPSA) is 108 Å². The molecular weight excluding hydrogens is 906 g/mol. The van der Waals surface area contributed by atoms with Crippen LogP contribution in [-0.4, -0.2) is 74.9 Å². The highest BCUT2D eigenvalue weighted by atomic mass is 31.2. The standard InChI is InChI=1S/C61H120NO8P/c1-6-8-10-12-14-16-18-20-22-24-26-28-29-30-31-32-34-35-37-39-41-43-45-47-49-51-53-60(63)67-57-59(58-69-71(65,66)68-56-55-62(3,4)5)70-61(64)54-52-50-48-46-44-42-40-38-36-33-27-25-23-21-19-17-15-13-11-9-7-2/h25,27,59H,6-24,26,28-58H2,1-5H3/p+1/b27-25-. The third-order valence-corrected chi connectivity index (χ3v) is 15.0. The van der Waals surface area contributed by atoms with E-state index in [0.717, 1.165) is 32.1 Å². The number of carbonyl (C=O) groups is 2. The Kier molecular flexibility index (Phi) is 52.6. The quantitative estimate of drug-likeness (QED) is 0.0211. The maximum absolute atomic E-state index is 12.8. The van der Waals surface area contributed by atoms with Crippen LogP contribution < -0.4 is 0 Å². The molecule has 2 unspecified atom stereocenters. The average Bonchev–Trinajstić information content (AvgIpc) is 3.33. The van der Waals surface area contributed by atoms with Crippen LogP contribution in [0.5, 0.6) is 0 Å². The van der Waals surface area contributed by atoms with Gasteiger partial charge in [0.05, 0.1) is 27.7 Å². The summed E-state index contributed by atoms with van der Waals surface area (Å²) in [6.45, 7) is 4.50. The normalized spacial score (nSPS) is 13.3. The maximum atomic E-state index is 12.8. The summed E-state index contributed by atoms with van der Waals surface area (Å²) in [5.74, 6) is -0.779. The van der Waals surface area contributed by atoms with Gasteiger partial charge in [-0.05, 0) is 38.5 Å². The largest absolute Gasteiger partial charge is 0.472 e. The highest BCUT2D eigenvalue weighted by Gasteiger charge is 2.27. The van der Waals surface area contributed by atoms with E-state index in [1.54, 1.807) is 0 Å². The lowest BCUT2D eigenvalue weighted by Crippen LogP contribution is -2.37. The average molecular weight is 1030 g/mol. The third-order valence-electron chi connectivity index (χ3n) is 14.0. The zero-order valence-electron chi connectivity index (χ0n) is 48.0. The molecule has 0 spiro atoms. The van der Waals surface area contributed by atoms with E-state index in [2.05, 4.69) is 26.0 Å². The van der Waals surface area contributed by atoms with Gasteiger partial charge in [-0.3, -0.25) is 18.6 Å². The van der Waals surface area contributed by atoms with Crippen molar-refractivity contribution >= 4 is 19.8 Å². The number of hydrogen-bond donors (Lipinski definition) is 1.